The zero-order chi connectivity index (χ0) is 16.7. The highest BCUT2D eigenvalue weighted by molar-refractivity contribution is 5.84. The second-order valence-electron chi connectivity index (χ2n) is 6.02. The van der Waals surface area contributed by atoms with Gasteiger partial charge in [-0.2, -0.15) is 5.10 Å². The van der Waals surface area contributed by atoms with Gasteiger partial charge in [0.05, 0.1) is 18.9 Å². The van der Waals surface area contributed by atoms with Gasteiger partial charge in [0, 0.05) is 5.92 Å². The van der Waals surface area contributed by atoms with Crippen molar-refractivity contribution in [2.45, 2.75) is 52.6 Å². The normalized spacial score (nSPS) is 15.3. The zero-order valence-electron chi connectivity index (χ0n) is 14.2. The van der Waals surface area contributed by atoms with E-state index in [1.54, 1.807) is 6.21 Å². The molecular formula is C18H26N2O3. The van der Waals surface area contributed by atoms with Crippen LogP contribution in [0.25, 0.3) is 0 Å². The molecule has 0 unspecified atom stereocenters. The van der Waals surface area contributed by atoms with Crippen LogP contribution in [-0.2, 0) is 4.79 Å². The number of ether oxygens (including phenoxy) is 2. The third-order valence-corrected chi connectivity index (χ3v) is 3.74. The molecule has 1 aliphatic carbocycles. The van der Waals surface area contributed by atoms with Crippen LogP contribution in [0.15, 0.2) is 23.3 Å². The summed E-state index contributed by atoms with van der Waals surface area (Å²) in [6.45, 7) is 6.45. The monoisotopic (exact) mass is 318 g/mol. The standard InChI is InChI=1S/C18H26N2O3/c1-4-22-17-11-14(9-10-16(17)23-13(2)3)12-19-20-18(21)15-7-5-6-8-15/h9-13,15H,4-8H2,1-3H3,(H,20,21)/b19-12-. The Hall–Kier alpha value is -2.04. The lowest BCUT2D eigenvalue weighted by atomic mass is 10.1. The number of carbonyl (C=O) groups excluding carboxylic acids is 1. The van der Waals surface area contributed by atoms with E-state index in [1.807, 2.05) is 39.0 Å². The van der Waals surface area contributed by atoms with Crippen LogP contribution in [0.2, 0.25) is 0 Å². The number of rotatable bonds is 7. The van der Waals surface area contributed by atoms with Gasteiger partial charge in [-0.05, 0) is 57.4 Å². The third kappa shape index (κ3) is 5.27. The summed E-state index contributed by atoms with van der Waals surface area (Å²) in [6, 6.07) is 5.63. The Balaban J connectivity index is 1.99. The van der Waals surface area contributed by atoms with Crippen molar-refractivity contribution < 1.29 is 14.3 Å². The summed E-state index contributed by atoms with van der Waals surface area (Å²) in [7, 11) is 0. The number of benzene rings is 1. The first kappa shape index (κ1) is 17.3. The topological polar surface area (TPSA) is 59.9 Å². The Morgan fingerprint density at radius 2 is 2.09 bits per heavy atom. The first-order chi connectivity index (χ1) is 11.1. The van der Waals surface area contributed by atoms with Crippen molar-refractivity contribution in [3.63, 3.8) is 0 Å². The highest BCUT2D eigenvalue weighted by Crippen LogP contribution is 2.29. The lowest BCUT2D eigenvalue weighted by molar-refractivity contribution is -0.124. The van der Waals surface area contributed by atoms with E-state index >= 15 is 0 Å². The summed E-state index contributed by atoms with van der Waals surface area (Å²) in [6.07, 6.45) is 5.93. The summed E-state index contributed by atoms with van der Waals surface area (Å²) in [5.41, 5.74) is 3.49. The predicted octanol–water partition coefficient (Wildman–Crippen LogP) is 3.51. The van der Waals surface area contributed by atoms with E-state index in [4.69, 9.17) is 9.47 Å². The molecule has 1 amide bonds. The number of hydrazone groups is 1. The highest BCUT2D eigenvalue weighted by Gasteiger charge is 2.22. The Bertz CT molecular complexity index is 549. The largest absolute Gasteiger partial charge is 0.490 e. The molecule has 1 N–H and O–H groups in total. The van der Waals surface area contributed by atoms with Gasteiger partial charge >= 0.3 is 0 Å². The molecule has 0 saturated heterocycles. The average molecular weight is 318 g/mol. The van der Waals surface area contributed by atoms with Crippen molar-refractivity contribution in [3.8, 4) is 11.5 Å². The maximum atomic E-state index is 11.9. The molecule has 0 aromatic heterocycles. The van der Waals surface area contributed by atoms with Crippen molar-refractivity contribution >= 4 is 12.1 Å². The molecule has 0 bridgehead atoms. The van der Waals surface area contributed by atoms with E-state index < -0.39 is 0 Å². The van der Waals surface area contributed by atoms with Crippen LogP contribution in [0, 0.1) is 5.92 Å². The Morgan fingerprint density at radius 1 is 1.35 bits per heavy atom. The van der Waals surface area contributed by atoms with Gasteiger partial charge < -0.3 is 9.47 Å². The minimum Gasteiger partial charge on any atom is -0.490 e. The molecule has 23 heavy (non-hydrogen) atoms. The minimum atomic E-state index is 0.0172. The summed E-state index contributed by atoms with van der Waals surface area (Å²) in [4.78, 5) is 11.9. The van der Waals surface area contributed by atoms with E-state index in [9.17, 15) is 4.79 Å². The van der Waals surface area contributed by atoms with Crippen LogP contribution in [0.4, 0.5) is 0 Å². The molecule has 2 rings (SSSR count). The molecule has 1 aromatic carbocycles. The summed E-state index contributed by atoms with van der Waals surface area (Å²) < 4.78 is 11.3. The van der Waals surface area contributed by atoms with E-state index in [1.165, 1.54) is 0 Å². The molecule has 1 saturated carbocycles. The second kappa shape index (κ2) is 8.56. The quantitative estimate of drug-likeness (QED) is 0.618. The van der Waals surface area contributed by atoms with Crippen molar-refractivity contribution in [1.82, 2.24) is 5.43 Å². The van der Waals surface area contributed by atoms with Gasteiger partial charge in [0.25, 0.3) is 0 Å². The molecule has 0 atom stereocenters. The van der Waals surface area contributed by atoms with Crippen LogP contribution in [-0.4, -0.2) is 24.8 Å². The van der Waals surface area contributed by atoms with Gasteiger partial charge in [-0.1, -0.05) is 12.8 Å². The fraction of sp³-hybridized carbons (Fsp3) is 0.556. The smallest absolute Gasteiger partial charge is 0.243 e. The molecular weight excluding hydrogens is 292 g/mol. The van der Waals surface area contributed by atoms with Crippen molar-refractivity contribution in [1.29, 1.82) is 0 Å². The molecule has 126 valence electrons. The van der Waals surface area contributed by atoms with Crippen LogP contribution < -0.4 is 14.9 Å². The van der Waals surface area contributed by atoms with Gasteiger partial charge in [-0.15, -0.1) is 0 Å². The van der Waals surface area contributed by atoms with Crippen molar-refractivity contribution in [3.05, 3.63) is 23.8 Å². The summed E-state index contributed by atoms with van der Waals surface area (Å²) in [5.74, 6) is 1.54. The molecule has 5 nitrogen and oxygen atoms in total. The Labute approximate surface area is 138 Å². The van der Waals surface area contributed by atoms with E-state index in [0.29, 0.717) is 18.1 Å². The summed E-state index contributed by atoms with van der Waals surface area (Å²) in [5, 5.41) is 4.06. The number of hydrogen-bond donors (Lipinski definition) is 1. The molecule has 0 spiro atoms. The van der Waals surface area contributed by atoms with Crippen LogP contribution >= 0.6 is 0 Å². The third-order valence-electron chi connectivity index (χ3n) is 3.74. The lowest BCUT2D eigenvalue weighted by Crippen LogP contribution is -2.24. The van der Waals surface area contributed by atoms with Crippen molar-refractivity contribution in [2.75, 3.05) is 6.61 Å². The Kier molecular flexibility index (Phi) is 6.44. The van der Waals surface area contributed by atoms with Crippen LogP contribution in [0.1, 0.15) is 52.0 Å². The first-order valence-electron chi connectivity index (χ1n) is 8.36. The molecule has 0 aliphatic heterocycles. The fourth-order valence-corrected chi connectivity index (χ4v) is 2.67. The van der Waals surface area contributed by atoms with E-state index in [-0.39, 0.29) is 17.9 Å². The number of nitrogens with one attached hydrogen (secondary N) is 1. The van der Waals surface area contributed by atoms with Gasteiger partial charge in [0.2, 0.25) is 5.91 Å². The minimum absolute atomic E-state index is 0.0172. The van der Waals surface area contributed by atoms with Crippen LogP contribution in [0.3, 0.4) is 0 Å². The number of nitrogens with zero attached hydrogens (tertiary/aromatic N) is 1. The zero-order valence-corrected chi connectivity index (χ0v) is 14.2. The maximum Gasteiger partial charge on any atom is 0.243 e. The summed E-state index contributed by atoms with van der Waals surface area (Å²) >= 11 is 0. The number of amides is 1. The van der Waals surface area contributed by atoms with Gasteiger partial charge in [-0.3, -0.25) is 4.79 Å². The first-order valence-corrected chi connectivity index (χ1v) is 8.36. The van der Waals surface area contributed by atoms with E-state index in [0.717, 1.165) is 31.2 Å². The second-order valence-corrected chi connectivity index (χ2v) is 6.02. The number of carbonyl (C=O) groups is 1. The van der Waals surface area contributed by atoms with Gasteiger partial charge in [0.1, 0.15) is 0 Å². The molecule has 5 heteroatoms. The molecule has 1 aliphatic rings. The van der Waals surface area contributed by atoms with E-state index in [2.05, 4.69) is 10.5 Å². The predicted molar refractivity (Wildman–Crippen MR) is 91.1 cm³/mol. The molecule has 1 fully saturated rings. The van der Waals surface area contributed by atoms with Gasteiger partial charge in [-0.25, -0.2) is 5.43 Å². The van der Waals surface area contributed by atoms with Crippen LogP contribution in [0.5, 0.6) is 11.5 Å². The fourth-order valence-electron chi connectivity index (χ4n) is 2.67. The highest BCUT2D eigenvalue weighted by atomic mass is 16.5. The lowest BCUT2D eigenvalue weighted by Gasteiger charge is -2.14. The molecule has 0 radical (unpaired) electrons. The molecule has 0 heterocycles. The maximum absolute atomic E-state index is 11.9. The number of hydrogen-bond acceptors (Lipinski definition) is 4. The average Bonchev–Trinajstić information content (AvgIpc) is 3.04. The molecule has 1 aromatic rings. The van der Waals surface area contributed by atoms with Crippen molar-refractivity contribution in [2.24, 2.45) is 11.0 Å². The Morgan fingerprint density at radius 3 is 2.74 bits per heavy atom. The SMILES string of the molecule is CCOc1cc(/C=N\NC(=O)C2CCCC2)ccc1OC(C)C. The van der Waals surface area contributed by atoms with Gasteiger partial charge in [0.15, 0.2) is 11.5 Å².